The second-order valence-corrected chi connectivity index (χ2v) is 7.32. The van der Waals surface area contributed by atoms with E-state index in [0.29, 0.717) is 12.2 Å². The molecule has 1 saturated heterocycles. The van der Waals surface area contributed by atoms with Gasteiger partial charge in [-0.2, -0.15) is 0 Å². The zero-order valence-corrected chi connectivity index (χ0v) is 16.5. The Balaban J connectivity index is 1.49. The lowest BCUT2D eigenvalue weighted by Crippen LogP contribution is -2.45. The second-order valence-electron chi connectivity index (χ2n) is 7.32. The zero-order chi connectivity index (χ0) is 19.9. The smallest absolute Gasteiger partial charge is 0.256 e. The van der Waals surface area contributed by atoms with Crippen LogP contribution in [-0.4, -0.2) is 35.2 Å². The van der Waals surface area contributed by atoms with Crippen LogP contribution in [-0.2, 0) is 11.2 Å². The molecule has 0 radical (unpaired) electrons. The van der Waals surface area contributed by atoms with Crippen LogP contribution in [0, 0.1) is 0 Å². The summed E-state index contributed by atoms with van der Waals surface area (Å²) in [5.41, 5.74) is 3.62. The molecule has 2 aromatic carbocycles. The molecule has 148 valence electrons. The van der Waals surface area contributed by atoms with Crippen molar-refractivity contribution in [3.8, 4) is 11.3 Å². The highest BCUT2D eigenvalue weighted by molar-refractivity contribution is 6.00. The Kier molecular flexibility index (Phi) is 6.32. The first kappa shape index (κ1) is 19.3. The molecular weight excluding hydrogens is 360 g/mol. The van der Waals surface area contributed by atoms with Gasteiger partial charge in [-0.05, 0) is 49.4 Å². The van der Waals surface area contributed by atoms with Gasteiger partial charge in [-0.15, -0.1) is 0 Å². The molecule has 4 nitrogen and oxygen atoms in total. The first-order valence-corrected chi connectivity index (χ1v) is 10.3. The van der Waals surface area contributed by atoms with Gasteiger partial charge in [-0.3, -0.25) is 9.78 Å². The molecule has 1 aliphatic rings. The molecule has 29 heavy (non-hydrogen) atoms. The Morgan fingerprint density at radius 3 is 2.59 bits per heavy atom. The van der Waals surface area contributed by atoms with Crippen molar-refractivity contribution in [1.29, 1.82) is 0 Å². The van der Waals surface area contributed by atoms with Gasteiger partial charge in [0.1, 0.15) is 6.23 Å². The Bertz CT molecular complexity index is 928. The molecule has 0 bridgehead atoms. The quantitative estimate of drug-likeness (QED) is 0.601. The van der Waals surface area contributed by atoms with E-state index < -0.39 is 0 Å². The molecule has 0 aliphatic carbocycles. The van der Waals surface area contributed by atoms with Gasteiger partial charge in [0.15, 0.2) is 0 Å². The fourth-order valence-electron chi connectivity index (χ4n) is 3.83. The maximum absolute atomic E-state index is 13.5. The van der Waals surface area contributed by atoms with Crippen molar-refractivity contribution in [3.63, 3.8) is 0 Å². The van der Waals surface area contributed by atoms with Gasteiger partial charge in [0.05, 0.1) is 12.3 Å². The first-order chi connectivity index (χ1) is 14.3. The highest BCUT2D eigenvalue weighted by Crippen LogP contribution is 2.26. The van der Waals surface area contributed by atoms with Gasteiger partial charge >= 0.3 is 0 Å². The van der Waals surface area contributed by atoms with Crippen LogP contribution < -0.4 is 0 Å². The third-order valence-corrected chi connectivity index (χ3v) is 5.35. The standard InChI is InChI=1S/C25H26N2O2/c28-25(22-13-5-4-12-21(22)23-14-6-8-17-26-23)27-18-9-7-15-24(27)29-19-16-20-10-2-1-3-11-20/h1-6,8,10-14,17,24H,7,9,15-16,18-19H2. The highest BCUT2D eigenvalue weighted by Gasteiger charge is 2.29. The minimum absolute atomic E-state index is 0.0238. The third-order valence-electron chi connectivity index (χ3n) is 5.35. The largest absolute Gasteiger partial charge is 0.358 e. The van der Waals surface area contributed by atoms with Crippen LogP contribution in [0.1, 0.15) is 35.2 Å². The molecular formula is C25H26N2O2. The van der Waals surface area contributed by atoms with E-state index in [1.54, 1.807) is 6.20 Å². The van der Waals surface area contributed by atoms with Crippen molar-refractivity contribution in [2.45, 2.75) is 31.9 Å². The minimum atomic E-state index is -0.170. The summed E-state index contributed by atoms with van der Waals surface area (Å²) in [4.78, 5) is 19.8. The molecule has 1 aliphatic heterocycles. The molecule has 2 heterocycles. The van der Waals surface area contributed by atoms with E-state index in [9.17, 15) is 4.79 Å². The number of hydrogen-bond acceptors (Lipinski definition) is 3. The SMILES string of the molecule is O=C(c1ccccc1-c1ccccn1)N1CCCCC1OCCc1ccccc1. The van der Waals surface area contributed by atoms with Crippen LogP contribution in [0.3, 0.4) is 0 Å². The summed E-state index contributed by atoms with van der Waals surface area (Å²) < 4.78 is 6.18. The van der Waals surface area contributed by atoms with Crippen molar-refractivity contribution < 1.29 is 9.53 Å². The van der Waals surface area contributed by atoms with Crippen LogP contribution in [0.15, 0.2) is 79.0 Å². The molecule has 0 saturated carbocycles. The summed E-state index contributed by atoms with van der Waals surface area (Å²) in [5.74, 6) is 0.0238. The maximum Gasteiger partial charge on any atom is 0.256 e. The number of nitrogens with zero attached hydrogens (tertiary/aromatic N) is 2. The first-order valence-electron chi connectivity index (χ1n) is 10.3. The van der Waals surface area contributed by atoms with Gasteiger partial charge in [-0.25, -0.2) is 0 Å². The number of benzene rings is 2. The number of ether oxygens (including phenoxy) is 1. The van der Waals surface area contributed by atoms with Crippen LogP contribution >= 0.6 is 0 Å². The zero-order valence-electron chi connectivity index (χ0n) is 16.5. The van der Waals surface area contributed by atoms with Gasteiger partial charge in [0, 0.05) is 23.9 Å². The van der Waals surface area contributed by atoms with Crippen LogP contribution in [0.4, 0.5) is 0 Å². The predicted molar refractivity (Wildman–Crippen MR) is 114 cm³/mol. The Labute approximate surface area is 172 Å². The van der Waals surface area contributed by atoms with Gasteiger partial charge < -0.3 is 9.64 Å². The molecule has 0 spiro atoms. The van der Waals surface area contributed by atoms with Gasteiger partial charge in [0.25, 0.3) is 5.91 Å². The topological polar surface area (TPSA) is 42.4 Å². The average Bonchev–Trinajstić information content (AvgIpc) is 2.80. The highest BCUT2D eigenvalue weighted by atomic mass is 16.5. The van der Waals surface area contributed by atoms with E-state index in [1.807, 2.05) is 65.6 Å². The minimum Gasteiger partial charge on any atom is -0.358 e. The molecule has 3 aromatic rings. The number of carbonyl (C=O) groups excluding carboxylic acids is 1. The molecule has 1 atom stereocenters. The number of likely N-dealkylation sites (tertiary alicyclic amines) is 1. The van der Waals surface area contributed by atoms with Crippen molar-refractivity contribution in [3.05, 3.63) is 90.1 Å². The fraction of sp³-hybridized carbons (Fsp3) is 0.280. The van der Waals surface area contributed by atoms with E-state index in [4.69, 9.17) is 4.74 Å². The van der Waals surface area contributed by atoms with Crippen LogP contribution in [0.25, 0.3) is 11.3 Å². The lowest BCUT2D eigenvalue weighted by Gasteiger charge is -2.36. The third kappa shape index (κ3) is 4.72. The Morgan fingerprint density at radius 1 is 0.966 bits per heavy atom. The molecule has 1 fully saturated rings. The molecule has 1 unspecified atom stereocenters. The number of carbonyl (C=O) groups is 1. The lowest BCUT2D eigenvalue weighted by atomic mass is 10.0. The second kappa shape index (κ2) is 9.48. The van der Waals surface area contributed by atoms with E-state index in [0.717, 1.165) is 43.5 Å². The summed E-state index contributed by atoms with van der Waals surface area (Å²) in [7, 11) is 0. The van der Waals surface area contributed by atoms with Crippen molar-refractivity contribution >= 4 is 5.91 Å². The summed E-state index contributed by atoms with van der Waals surface area (Å²) in [6, 6.07) is 23.8. The summed E-state index contributed by atoms with van der Waals surface area (Å²) >= 11 is 0. The van der Waals surface area contributed by atoms with Gasteiger partial charge in [-0.1, -0.05) is 54.6 Å². The molecule has 0 N–H and O–H groups in total. The van der Waals surface area contributed by atoms with Crippen molar-refractivity contribution in [1.82, 2.24) is 9.88 Å². The number of hydrogen-bond donors (Lipinski definition) is 0. The number of piperidine rings is 1. The average molecular weight is 386 g/mol. The van der Waals surface area contributed by atoms with Crippen molar-refractivity contribution in [2.24, 2.45) is 0 Å². The fourth-order valence-corrected chi connectivity index (χ4v) is 3.83. The van der Waals surface area contributed by atoms with E-state index in [1.165, 1.54) is 5.56 Å². The molecule has 4 rings (SSSR count). The number of aromatic nitrogens is 1. The Morgan fingerprint density at radius 2 is 1.76 bits per heavy atom. The van der Waals surface area contributed by atoms with E-state index in [-0.39, 0.29) is 12.1 Å². The summed E-state index contributed by atoms with van der Waals surface area (Å²) in [6.45, 7) is 1.34. The van der Waals surface area contributed by atoms with E-state index in [2.05, 4.69) is 17.1 Å². The van der Waals surface area contributed by atoms with Gasteiger partial charge in [0.2, 0.25) is 0 Å². The maximum atomic E-state index is 13.5. The van der Waals surface area contributed by atoms with Crippen LogP contribution in [0.2, 0.25) is 0 Å². The molecule has 1 aromatic heterocycles. The Hall–Kier alpha value is -2.98. The predicted octanol–water partition coefficient (Wildman–Crippen LogP) is 4.96. The number of amides is 1. The molecule has 4 heteroatoms. The number of rotatable bonds is 6. The number of pyridine rings is 1. The van der Waals surface area contributed by atoms with Crippen molar-refractivity contribution in [2.75, 3.05) is 13.2 Å². The van der Waals surface area contributed by atoms with E-state index >= 15 is 0 Å². The van der Waals surface area contributed by atoms with Crippen LogP contribution in [0.5, 0.6) is 0 Å². The summed E-state index contributed by atoms with van der Waals surface area (Å²) in [6.07, 6.45) is 5.41. The molecule has 1 amide bonds. The summed E-state index contributed by atoms with van der Waals surface area (Å²) in [5, 5.41) is 0. The normalized spacial score (nSPS) is 16.6. The monoisotopic (exact) mass is 386 g/mol. The lowest BCUT2D eigenvalue weighted by molar-refractivity contribution is -0.0622.